The lowest BCUT2D eigenvalue weighted by Crippen LogP contribution is -2.36. The van der Waals surface area contributed by atoms with Gasteiger partial charge in [-0.05, 0) is 38.8 Å². The summed E-state index contributed by atoms with van der Waals surface area (Å²) < 4.78 is 11.0. The van der Waals surface area contributed by atoms with Crippen LogP contribution in [0.15, 0.2) is 29.3 Å². The minimum absolute atomic E-state index is 0.272. The van der Waals surface area contributed by atoms with Crippen molar-refractivity contribution in [1.29, 1.82) is 0 Å². The molecule has 1 aliphatic heterocycles. The number of hydrogen-bond acceptors (Lipinski definition) is 4. The summed E-state index contributed by atoms with van der Waals surface area (Å²) in [6, 6.07) is 5.19. The highest BCUT2D eigenvalue weighted by Crippen LogP contribution is 2.36. The van der Waals surface area contributed by atoms with E-state index in [4.69, 9.17) is 9.47 Å². The molecule has 1 amide bonds. The molecule has 2 atom stereocenters. The summed E-state index contributed by atoms with van der Waals surface area (Å²) in [5.74, 6) is -1.22. The number of amides is 1. The molecular formula is C18H21NO5. The maximum absolute atomic E-state index is 12.6. The number of rotatable bonds is 3. The fourth-order valence-electron chi connectivity index (χ4n) is 3.18. The van der Waals surface area contributed by atoms with E-state index in [-0.39, 0.29) is 5.91 Å². The molecule has 6 heteroatoms. The lowest BCUT2D eigenvalue weighted by atomic mass is 9.76. The van der Waals surface area contributed by atoms with Crippen molar-refractivity contribution in [3.8, 4) is 11.5 Å². The van der Waals surface area contributed by atoms with E-state index in [1.54, 1.807) is 18.2 Å². The zero-order valence-electron chi connectivity index (χ0n) is 13.8. The van der Waals surface area contributed by atoms with Gasteiger partial charge in [-0.15, -0.1) is 0 Å². The van der Waals surface area contributed by atoms with Crippen molar-refractivity contribution >= 4 is 17.6 Å². The van der Waals surface area contributed by atoms with E-state index in [0.29, 0.717) is 43.2 Å². The lowest BCUT2D eigenvalue weighted by Gasteiger charge is -2.29. The number of carboxylic acid groups (broad SMARTS) is 1. The molecule has 2 aliphatic rings. The monoisotopic (exact) mass is 331 g/mol. The average molecular weight is 331 g/mol. The van der Waals surface area contributed by atoms with Crippen LogP contribution < -0.4 is 14.8 Å². The van der Waals surface area contributed by atoms with E-state index >= 15 is 0 Å². The molecule has 0 saturated carbocycles. The number of carbonyl (C=O) groups excluding carboxylic acids is 1. The smallest absolute Gasteiger partial charge is 0.307 e. The highest BCUT2D eigenvalue weighted by Gasteiger charge is 2.37. The van der Waals surface area contributed by atoms with Gasteiger partial charge in [-0.3, -0.25) is 9.59 Å². The number of nitrogens with one attached hydrogen (secondary N) is 1. The van der Waals surface area contributed by atoms with Gasteiger partial charge in [-0.25, -0.2) is 0 Å². The van der Waals surface area contributed by atoms with Crippen molar-refractivity contribution in [3.05, 3.63) is 29.3 Å². The van der Waals surface area contributed by atoms with Crippen LogP contribution in [0.1, 0.15) is 26.7 Å². The Balaban J connectivity index is 1.77. The average Bonchev–Trinajstić information content (AvgIpc) is 2.56. The Morgan fingerprint density at radius 3 is 2.33 bits per heavy atom. The molecule has 2 N–H and O–H groups in total. The molecule has 24 heavy (non-hydrogen) atoms. The van der Waals surface area contributed by atoms with Crippen LogP contribution in [0.5, 0.6) is 11.5 Å². The van der Waals surface area contributed by atoms with Crippen molar-refractivity contribution in [2.45, 2.75) is 26.7 Å². The third-order valence-corrected chi connectivity index (χ3v) is 4.73. The topological polar surface area (TPSA) is 84.9 Å². The number of benzene rings is 1. The van der Waals surface area contributed by atoms with Crippen LogP contribution in [0.2, 0.25) is 0 Å². The molecule has 1 aliphatic carbocycles. The first-order chi connectivity index (χ1) is 11.5. The Kier molecular flexibility index (Phi) is 4.46. The predicted molar refractivity (Wildman–Crippen MR) is 88.3 cm³/mol. The van der Waals surface area contributed by atoms with Gasteiger partial charge in [0.1, 0.15) is 13.2 Å². The Bertz CT molecular complexity index is 709. The summed E-state index contributed by atoms with van der Waals surface area (Å²) in [6.07, 6.45) is 0.888. The molecule has 0 radical (unpaired) electrons. The van der Waals surface area contributed by atoms with Gasteiger partial charge in [0.2, 0.25) is 5.91 Å². The first-order valence-electron chi connectivity index (χ1n) is 8.04. The van der Waals surface area contributed by atoms with Gasteiger partial charge in [0.25, 0.3) is 0 Å². The second-order valence-electron chi connectivity index (χ2n) is 6.37. The van der Waals surface area contributed by atoms with Crippen molar-refractivity contribution in [2.75, 3.05) is 18.5 Å². The Morgan fingerprint density at radius 1 is 1.04 bits per heavy atom. The Labute approximate surface area is 140 Å². The van der Waals surface area contributed by atoms with E-state index in [9.17, 15) is 14.7 Å². The molecule has 0 fully saturated rings. The Hall–Kier alpha value is -2.50. The summed E-state index contributed by atoms with van der Waals surface area (Å²) in [6.45, 7) is 4.86. The molecule has 0 aromatic heterocycles. The van der Waals surface area contributed by atoms with Gasteiger partial charge < -0.3 is 19.9 Å². The fourth-order valence-corrected chi connectivity index (χ4v) is 3.18. The van der Waals surface area contributed by atoms with Crippen LogP contribution in [0.25, 0.3) is 0 Å². The predicted octanol–water partition coefficient (Wildman–Crippen LogP) is 2.84. The van der Waals surface area contributed by atoms with Gasteiger partial charge in [0.05, 0.1) is 11.8 Å². The molecule has 1 heterocycles. The minimum Gasteiger partial charge on any atom is -0.486 e. The third-order valence-electron chi connectivity index (χ3n) is 4.73. The second-order valence-corrected chi connectivity index (χ2v) is 6.37. The molecule has 0 bridgehead atoms. The van der Waals surface area contributed by atoms with Crippen molar-refractivity contribution in [2.24, 2.45) is 11.8 Å². The maximum atomic E-state index is 12.6. The number of anilines is 1. The fraction of sp³-hybridized carbons (Fsp3) is 0.444. The quantitative estimate of drug-likeness (QED) is 0.832. The molecule has 0 spiro atoms. The zero-order chi connectivity index (χ0) is 17.3. The molecule has 0 saturated heterocycles. The van der Waals surface area contributed by atoms with Crippen LogP contribution in [0, 0.1) is 11.8 Å². The van der Waals surface area contributed by atoms with E-state index in [0.717, 1.165) is 11.1 Å². The van der Waals surface area contributed by atoms with Crippen LogP contribution in [0.4, 0.5) is 5.69 Å². The van der Waals surface area contributed by atoms with E-state index in [1.165, 1.54) is 0 Å². The summed E-state index contributed by atoms with van der Waals surface area (Å²) >= 11 is 0. The molecule has 1 aromatic rings. The number of carboxylic acids is 1. The number of hydrogen-bond donors (Lipinski definition) is 2. The summed E-state index contributed by atoms with van der Waals surface area (Å²) in [5.41, 5.74) is 2.73. The van der Waals surface area contributed by atoms with Crippen molar-refractivity contribution in [1.82, 2.24) is 0 Å². The highest BCUT2D eigenvalue weighted by atomic mass is 16.6. The van der Waals surface area contributed by atoms with Crippen LogP contribution in [-0.2, 0) is 9.59 Å². The van der Waals surface area contributed by atoms with Crippen molar-refractivity contribution in [3.63, 3.8) is 0 Å². The number of carbonyl (C=O) groups is 2. The molecule has 0 unspecified atom stereocenters. The van der Waals surface area contributed by atoms with Gasteiger partial charge in [0, 0.05) is 11.8 Å². The van der Waals surface area contributed by atoms with Crippen LogP contribution in [0.3, 0.4) is 0 Å². The molecule has 128 valence electrons. The summed E-state index contributed by atoms with van der Waals surface area (Å²) in [4.78, 5) is 24.2. The molecular weight excluding hydrogens is 310 g/mol. The third kappa shape index (κ3) is 3.22. The largest absolute Gasteiger partial charge is 0.486 e. The second kappa shape index (κ2) is 6.55. The van der Waals surface area contributed by atoms with Gasteiger partial charge in [-0.1, -0.05) is 11.1 Å². The maximum Gasteiger partial charge on any atom is 0.307 e. The van der Waals surface area contributed by atoms with E-state index in [1.807, 2.05) is 13.8 Å². The van der Waals surface area contributed by atoms with E-state index in [2.05, 4.69) is 5.32 Å². The molecule has 3 rings (SSSR count). The van der Waals surface area contributed by atoms with Crippen LogP contribution in [-0.4, -0.2) is 30.2 Å². The first-order valence-corrected chi connectivity index (χ1v) is 8.04. The van der Waals surface area contributed by atoms with Crippen LogP contribution >= 0.6 is 0 Å². The lowest BCUT2D eigenvalue weighted by molar-refractivity contribution is -0.146. The zero-order valence-corrected chi connectivity index (χ0v) is 13.8. The normalized spacial score (nSPS) is 22.9. The number of fused-ring (bicyclic) bond motifs is 1. The van der Waals surface area contributed by atoms with E-state index < -0.39 is 17.8 Å². The minimum atomic E-state index is -0.927. The molecule has 1 aromatic carbocycles. The van der Waals surface area contributed by atoms with Gasteiger partial charge in [0.15, 0.2) is 11.5 Å². The SMILES string of the molecule is CC1=C(C)C[C@@H](C(=O)Nc2ccc3c(c2)OCCO3)[C@H](C(=O)O)C1. The van der Waals surface area contributed by atoms with Gasteiger partial charge >= 0.3 is 5.97 Å². The standard InChI is InChI=1S/C18H21NO5/c1-10-7-13(14(18(21)22)8-11(10)2)17(20)19-12-3-4-15-16(9-12)24-6-5-23-15/h3-4,9,13-14H,5-8H2,1-2H3,(H,19,20)(H,21,22)/t13-,14-/m1/s1. The van der Waals surface area contributed by atoms with Crippen molar-refractivity contribution < 1.29 is 24.2 Å². The number of aliphatic carboxylic acids is 1. The first kappa shape index (κ1) is 16.4. The highest BCUT2D eigenvalue weighted by molar-refractivity contribution is 5.95. The summed E-state index contributed by atoms with van der Waals surface area (Å²) in [7, 11) is 0. The summed E-state index contributed by atoms with van der Waals surface area (Å²) in [5, 5.41) is 12.3. The molecule has 6 nitrogen and oxygen atoms in total. The Morgan fingerprint density at radius 2 is 1.67 bits per heavy atom. The number of ether oxygens (including phenoxy) is 2. The van der Waals surface area contributed by atoms with Gasteiger partial charge in [-0.2, -0.15) is 0 Å². The number of allylic oxidation sites excluding steroid dienone is 2.